The summed E-state index contributed by atoms with van der Waals surface area (Å²) in [6.45, 7) is 8.16. The van der Waals surface area contributed by atoms with E-state index in [1.807, 2.05) is 20.8 Å². The smallest absolute Gasteiger partial charge is 0.374 e. The molecule has 0 fully saturated rings. The first kappa shape index (κ1) is 16.0. The van der Waals surface area contributed by atoms with Gasteiger partial charge in [-0.15, -0.1) is 0 Å². The molecular formula is C10H26N2O3Si. The van der Waals surface area contributed by atoms with Crippen molar-refractivity contribution >= 4 is 8.80 Å². The molecule has 1 unspecified atom stereocenters. The second-order valence-electron chi connectivity index (χ2n) is 3.59. The van der Waals surface area contributed by atoms with E-state index in [-0.39, 0.29) is 6.10 Å². The van der Waals surface area contributed by atoms with Gasteiger partial charge in [0.1, 0.15) is 0 Å². The summed E-state index contributed by atoms with van der Waals surface area (Å²) in [5, 5.41) is 0. The highest BCUT2D eigenvalue weighted by molar-refractivity contribution is 6.60. The van der Waals surface area contributed by atoms with Gasteiger partial charge in [0, 0.05) is 25.4 Å². The molecule has 0 aromatic carbocycles. The second kappa shape index (κ2) is 9.09. The van der Waals surface area contributed by atoms with E-state index in [9.17, 15) is 0 Å². The molecule has 0 aliphatic rings. The van der Waals surface area contributed by atoms with Crippen molar-refractivity contribution in [3.8, 4) is 0 Å². The third-order valence-corrected chi connectivity index (χ3v) is 5.25. The molecule has 16 heavy (non-hydrogen) atoms. The molecule has 0 aromatic heterocycles. The summed E-state index contributed by atoms with van der Waals surface area (Å²) in [5.41, 5.74) is 11.1. The Bertz CT molecular complexity index is 155. The lowest BCUT2D eigenvalue weighted by atomic mass is 10.3. The van der Waals surface area contributed by atoms with Crippen molar-refractivity contribution in [2.75, 3.05) is 26.3 Å². The summed E-state index contributed by atoms with van der Waals surface area (Å²) < 4.78 is 17.3. The Morgan fingerprint density at radius 1 is 1.06 bits per heavy atom. The first-order chi connectivity index (χ1) is 7.64. The minimum absolute atomic E-state index is 0.0568. The maximum atomic E-state index is 5.93. The summed E-state index contributed by atoms with van der Waals surface area (Å²) in [7, 11) is -2.58. The molecule has 4 N–H and O–H groups in total. The topological polar surface area (TPSA) is 79.7 Å². The monoisotopic (exact) mass is 250 g/mol. The fourth-order valence-electron chi connectivity index (χ4n) is 1.53. The minimum Gasteiger partial charge on any atom is -0.374 e. The van der Waals surface area contributed by atoms with Crippen LogP contribution in [-0.2, 0) is 13.3 Å². The lowest BCUT2D eigenvalue weighted by Gasteiger charge is -2.31. The highest BCUT2D eigenvalue weighted by Crippen LogP contribution is 2.18. The van der Waals surface area contributed by atoms with Crippen molar-refractivity contribution in [2.24, 2.45) is 11.5 Å². The van der Waals surface area contributed by atoms with Gasteiger partial charge in [-0.1, -0.05) is 0 Å². The molecule has 0 heterocycles. The van der Waals surface area contributed by atoms with Gasteiger partial charge in [0.15, 0.2) is 0 Å². The van der Waals surface area contributed by atoms with Crippen LogP contribution in [0, 0.1) is 0 Å². The lowest BCUT2D eigenvalue weighted by Crippen LogP contribution is -2.49. The van der Waals surface area contributed by atoms with Crippen LogP contribution in [0.3, 0.4) is 0 Å². The van der Waals surface area contributed by atoms with Gasteiger partial charge in [-0.05, 0) is 40.3 Å². The lowest BCUT2D eigenvalue weighted by molar-refractivity contribution is 0.0370. The van der Waals surface area contributed by atoms with E-state index >= 15 is 0 Å². The van der Waals surface area contributed by atoms with Gasteiger partial charge in [0.2, 0.25) is 0 Å². The molecule has 98 valence electrons. The van der Waals surface area contributed by atoms with Gasteiger partial charge in [-0.25, -0.2) is 0 Å². The zero-order valence-corrected chi connectivity index (χ0v) is 11.7. The molecule has 6 heteroatoms. The summed E-state index contributed by atoms with van der Waals surface area (Å²) in [4.78, 5) is 0. The summed E-state index contributed by atoms with van der Waals surface area (Å²) in [6.07, 6.45) is 0.862. The van der Waals surface area contributed by atoms with Crippen molar-refractivity contribution in [1.82, 2.24) is 0 Å². The maximum absolute atomic E-state index is 5.93. The highest BCUT2D eigenvalue weighted by Gasteiger charge is 2.41. The summed E-state index contributed by atoms with van der Waals surface area (Å²) in [6, 6.07) is 0.656. The van der Waals surface area contributed by atoms with Crippen LogP contribution in [0.5, 0.6) is 0 Å². The highest BCUT2D eigenvalue weighted by atomic mass is 28.4. The van der Waals surface area contributed by atoms with E-state index in [1.165, 1.54) is 0 Å². The third-order valence-electron chi connectivity index (χ3n) is 2.13. The number of hydrogen-bond donors (Lipinski definition) is 2. The number of hydrogen-bond acceptors (Lipinski definition) is 5. The molecule has 0 spiro atoms. The maximum Gasteiger partial charge on any atom is 0.502 e. The van der Waals surface area contributed by atoms with Gasteiger partial charge in [0.25, 0.3) is 0 Å². The van der Waals surface area contributed by atoms with E-state index < -0.39 is 8.80 Å². The number of nitrogens with two attached hydrogens (primary N) is 2. The predicted molar refractivity (Wildman–Crippen MR) is 67.1 cm³/mol. The fraction of sp³-hybridized carbons (Fsp3) is 1.00. The molecule has 0 bridgehead atoms. The molecule has 0 saturated heterocycles. The predicted octanol–water partition coefficient (Wildman–Crippen LogP) is 0.711. The molecule has 0 radical (unpaired) electrons. The van der Waals surface area contributed by atoms with Crippen LogP contribution in [0.25, 0.3) is 0 Å². The quantitative estimate of drug-likeness (QED) is 0.558. The molecule has 0 saturated carbocycles. The largest absolute Gasteiger partial charge is 0.502 e. The Hall–Kier alpha value is 0.0169. The Morgan fingerprint density at radius 3 is 2.00 bits per heavy atom. The van der Waals surface area contributed by atoms with Crippen LogP contribution < -0.4 is 11.5 Å². The van der Waals surface area contributed by atoms with Gasteiger partial charge in [-0.2, -0.15) is 0 Å². The van der Waals surface area contributed by atoms with Crippen LogP contribution in [0.4, 0.5) is 0 Å². The first-order valence-electron chi connectivity index (χ1n) is 6.00. The van der Waals surface area contributed by atoms with E-state index in [0.717, 1.165) is 6.42 Å². The van der Waals surface area contributed by atoms with Crippen molar-refractivity contribution in [1.29, 1.82) is 0 Å². The van der Waals surface area contributed by atoms with Gasteiger partial charge in [-0.3, -0.25) is 0 Å². The molecule has 1 atom stereocenters. The summed E-state index contributed by atoms with van der Waals surface area (Å²) in [5.74, 6) is 0. The van der Waals surface area contributed by atoms with Gasteiger partial charge >= 0.3 is 8.80 Å². The van der Waals surface area contributed by atoms with E-state index in [2.05, 4.69) is 0 Å². The Balaban J connectivity index is 4.44. The first-order valence-corrected chi connectivity index (χ1v) is 7.93. The van der Waals surface area contributed by atoms with E-state index in [1.54, 1.807) is 0 Å². The normalized spacial score (nSPS) is 14.1. The fourth-order valence-corrected chi connectivity index (χ4v) is 4.12. The molecular weight excluding hydrogens is 224 g/mol. The average molecular weight is 250 g/mol. The van der Waals surface area contributed by atoms with Crippen molar-refractivity contribution in [3.63, 3.8) is 0 Å². The molecule has 0 amide bonds. The Kier molecular flexibility index (Phi) is 9.10. The van der Waals surface area contributed by atoms with Crippen LogP contribution in [0.1, 0.15) is 27.2 Å². The van der Waals surface area contributed by atoms with Gasteiger partial charge < -0.3 is 24.7 Å². The molecule has 0 rings (SSSR count). The van der Waals surface area contributed by atoms with Crippen molar-refractivity contribution < 1.29 is 13.3 Å². The zero-order chi connectivity index (χ0) is 12.4. The number of rotatable bonds is 10. The van der Waals surface area contributed by atoms with Crippen LogP contribution >= 0.6 is 0 Å². The van der Waals surface area contributed by atoms with Crippen molar-refractivity contribution in [3.05, 3.63) is 0 Å². The van der Waals surface area contributed by atoms with Gasteiger partial charge in [0.05, 0.1) is 0 Å². The molecule has 5 nitrogen and oxygen atoms in total. The SMILES string of the molecule is CCO[Si](CCN)(OCC)OC(C)CCN. The van der Waals surface area contributed by atoms with Crippen molar-refractivity contribution in [2.45, 2.75) is 39.3 Å². The molecule has 0 aliphatic heterocycles. The standard InChI is InChI=1S/C10H26N2O3Si/c1-4-13-16(9-8-12,14-5-2)15-10(3)6-7-11/h10H,4-9,11-12H2,1-3H3. The Morgan fingerprint density at radius 2 is 1.62 bits per heavy atom. The Labute approximate surface area is 99.8 Å². The third kappa shape index (κ3) is 5.93. The van der Waals surface area contributed by atoms with E-state index in [0.29, 0.717) is 32.3 Å². The minimum atomic E-state index is -2.58. The molecule has 0 aromatic rings. The van der Waals surface area contributed by atoms with Crippen LogP contribution in [0.15, 0.2) is 0 Å². The summed E-state index contributed by atoms with van der Waals surface area (Å²) >= 11 is 0. The average Bonchev–Trinajstić information content (AvgIpc) is 2.18. The van der Waals surface area contributed by atoms with Crippen LogP contribution in [0.2, 0.25) is 6.04 Å². The zero-order valence-electron chi connectivity index (χ0n) is 10.7. The molecule has 0 aliphatic carbocycles. The van der Waals surface area contributed by atoms with E-state index in [4.69, 9.17) is 24.7 Å². The second-order valence-corrected chi connectivity index (χ2v) is 6.27. The van der Waals surface area contributed by atoms with Crippen LogP contribution in [-0.4, -0.2) is 41.2 Å².